The van der Waals surface area contributed by atoms with Gasteiger partial charge in [0.2, 0.25) is 0 Å². The number of carbonyl (C=O) groups is 1. The molecule has 0 saturated heterocycles. The maximum Gasteiger partial charge on any atom is 0.336 e. The van der Waals surface area contributed by atoms with E-state index in [0.717, 1.165) is 12.1 Å². The van der Waals surface area contributed by atoms with Gasteiger partial charge in [0.15, 0.2) is 0 Å². The minimum atomic E-state index is -4.37. The van der Waals surface area contributed by atoms with Gasteiger partial charge in [-0.25, -0.2) is 4.79 Å². The first-order valence-corrected chi connectivity index (χ1v) is 6.46. The van der Waals surface area contributed by atoms with Gasteiger partial charge in [0.1, 0.15) is 4.90 Å². The summed E-state index contributed by atoms with van der Waals surface area (Å²) in [6.07, 6.45) is 0. The maximum absolute atomic E-state index is 10.8. The van der Waals surface area contributed by atoms with Gasteiger partial charge in [0.05, 0.1) is 5.56 Å². The molecule has 2 N–H and O–H groups in total. The van der Waals surface area contributed by atoms with Crippen molar-refractivity contribution in [1.29, 1.82) is 0 Å². The van der Waals surface area contributed by atoms with Gasteiger partial charge in [-0.1, -0.05) is 0 Å². The highest BCUT2D eigenvalue weighted by atomic mass is 79.9. The monoisotopic (exact) mass is 358 g/mol. The molecule has 0 unspecified atom stereocenters. The summed E-state index contributed by atoms with van der Waals surface area (Å²) in [5, 5.41) is 8.72. The zero-order valence-electron chi connectivity index (χ0n) is 6.94. The van der Waals surface area contributed by atoms with Crippen LogP contribution in [0.4, 0.5) is 0 Å². The lowest BCUT2D eigenvalue weighted by atomic mass is 10.2. The van der Waals surface area contributed by atoms with Gasteiger partial charge in [0.25, 0.3) is 10.1 Å². The number of hydrogen-bond acceptors (Lipinski definition) is 3. The molecule has 1 aromatic carbocycles. The van der Waals surface area contributed by atoms with Crippen LogP contribution in [0.15, 0.2) is 26.0 Å². The molecule has 0 heterocycles. The Morgan fingerprint density at radius 1 is 1.20 bits per heavy atom. The summed E-state index contributed by atoms with van der Waals surface area (Å²) >= 11 is 5.76. The first-order chi connectivity index (χ1) is 6.73. The number of aromatic carboxylic acids is 1. The number of carboxylic acids is 1. The van der Waals surface area contributed by atoms with Crippen LogP contribution in [-0.2, 0) is 10.1 Å². The molecule has 1 rings (SSSR count). The van der Waals surface area contributed by atoms with Gasteiger partial charge >= 0.3 is 5.97 Å². The Morgan fingerprint density at radius 3 is 2.13 bits per heavy atom. The number of benzene rings is 1. The van der Waals surface area contributed by atoms with Crippen LogP contribution in [0, 0.1) is 0 Å². The number of halogens is 2. The highest BCUT2D eigenvalue weighted by Gasteiger charge is 2.19. The van der Waals surface area contributed by atoms with Gasteiger partial charge in [-0.15, -0.1) is 0 Å². The average Bonchev–Trinajstić information content (AvgIpc) is 2.06. The second-order valence-corrected chi connectivity index (χ2v) is 5.64. The van der Waals surface area contributed by atoms with E-state index in [0.29, 0.717) is 0 Å². The minimum Gasteiger partial charge on any atom is -0.478 e. The smallest absolute Gasteiger partial charge is 0.336 e. The second kappa shape index (κ2) is 4.20. The standard InChI is InChI=1S/C7H4Br2O5S/c8-4-2-6(15(12,13)14)5(9)1-3(4)7(10)11/h1-2H,(H,10,11)(H,12,13,14). The van der Waals surface area contributed by atoms with E-state index in [2.05, 4.69) is 31.9 Å². The lowest BCUT2D eigenvalue weighted by Crippen LogP contribution is -2.03. The molecular weight excluding hydrogens is 356 g/mol. The fourth-order valence-electron chi connectivity index (χ4n) is 0.890. The molecule has 0 saturated carbocycles. The Morgan fingerprint density at radius 2 is 1.73 bits per heavy atom. The first kappa shape index (κ1) is 12.6. The third-order valence-electron chi connectivity index (χ3n) is 1.53. The van der Waals surface area contributed by atoms with Gasteiger partial charge in [-0.3, -0.25) is 4.55 Å². The molecule has 0 aromatic heterocycles. The fourth-order valence-corrected chi connectivity index (χ4v) is 3.08. The molecule has 0 amide bonds. The predicted molar refractivity (Wildman–Crippen MR) is 58.6 cm³/mol. The summed E-state index contributed by atoms with van der Waals surface area (Å²) in [6, 6.07) is 2.11. The summed E-state index contributed by atoms with van der Waals surface area (Å²) in [7, 11) is -4.37. The summed E-state index contributed by atoms with van der Waals surface area (Å²) in [6.45, 7) is 0. The predicted octanol–water partition coefficient (Wildman–Crippen LogP) is 2.16. The molecule has 8 heteroatoms. The molecule has 82 valence electrons. The number of rotatable bonds is 2. The molecule has 0 aliphatic rings. The summed E-state index contributed by atoms with van der Waals surface area (Å²) in [4.78, 5) is 10.3. The van der Waals surface area contributed by atoms with E-state index in [4.69, 9.17) is 9.66 Å². The summed E-state index contributed by atoms with van der Waals surface area (Å²) < 4.78 is 30.6. The van der Waals surface area contributed by atoms with Crippen molar-refractivity contribution >= 4 is 47.9 Å². The molecule has 0 bridgehead atoms. The molecule has 0 spiro atoms. The van der Waals surface area contributed by atoms with Crippen LogP contribution < -0.4 is 0 Å². The largest absolute Gasteiger partial charge is 0.478 e. The lowest BCUT2D eigenvalue weighted by Gasteiger charge is -2.04. The molecular formula is C7H4Br2O5S. The van der Waals surface area contributed by atoms with Crippen molar-refractivity contribution in [3.05, 3.63) is 26.6 Å². The second-order valence-electron chi connectivity index (χ2n) is 2.54. The van der Waals surface area contributed by atoms with Crippen molar-refractivity contribution in [2.24, 2.45) is 0 Å². The highest BCUT2D eigenvalue weighted by Crippen LogP contribution is 2.29. The van der Waals surface area contributed by atoms with Crippen molar-refractivity contribution in [3.8, 4) is 0 Å². The Labute approximate surface area is 102 Å². The van der Waals surface area contributed by atoms with Gasteiger partial charge < -0.3 is 5.11 Å². The van der Waals surface area contributed by atoms with Crippen molar-refractivity contribution < 1.29 is 22.9 Å². The zero-order valence-corrected chi connectivity index (χ0v) is 10.9. The molecule has 0 aliphatic carbocycles. The molecule has 5 nitrogen and oxygen atoms in total. The highest BCUT2D eigenvalue weighted by molar-refractivity contribution is 9.11. The van der Waals surface area contributed by atoms with Crippen LogP contribution in [0.3, 0.4) is 0 Å². The van der Waals surface area contributed by atoms with Gasteiger partial charge in [-0.2, -0.15) is 8.42 Å². The third kappa shape index (κ3) is 2.77. The van der Waals surface area contributed by atoms with E-state index in [9.17, 15) is 13.2 Å². The molecule has 0 fully saturated rings. The third-order valence-corrected chi connectivity index (χ3v) is 4.00. The quantitative estimate of drug-likeness (QED) is 0.789. The molecule has 0 aliphatic heterocycles. The molecule has 15 heavy (non-hydrogen) atoms. The summed E-state index contributed by atoms with van der Waals surface area (Å²) in [5.74, 6) is -1.20. The Bertz CT molecular complexity index is 522. The molecule has 0 atom stereocenters. The van der Waals surface area contributed by atoms with Crippen LogP contribution in [-0.4, -0.2) is 24.0 Å². The average molecular weight is 360 g/mol. The van der Waals surface area contributed by atoms with E-state index in [1.165, 1.54) is 0 Å². The van der Waals surface area contributed by atoms with E-state index in [1.807, 2.05) is 0 Å². The zero-order chi connectivity index (χ0) is 11.8. The number of carboxylic acid groups (broad SMARTS) is 1. The van der Waals surface area contributed by atoms with E-state index < -0.39 is 16.1 Å². The van der Waals surface area contributed by atoms with Crippen molar-refractivity contribution in [1.82, 2.24) is 0 Å². The van der Waals surface area contributed by atoms with Crippen LogP contribution >= 0.6 is 31.9 Å². The van der Waals surface area contributed by atoms with Gasteiger partial charge in [-0.05, 0) is 44.0 Å². The van der Waals surface area contributed by atoms with Crippen LogP contribution in [0.25, 0.3) is 0 Å². The van der Waals surface area contributed by atoms with Crippen LogP contribution in [0.2, 0.25) is 0 Å². The topological polar surface area (TPSA) is 91.7 Å². The van der Waals surface area contributed by atoms with Crippen molar-refractivity contribution in [3.63, 3.8) is 0 Å². The van der Waals surface area contributed by atoms with Crippen molar-refractivity contribution in [2.75, 3.05) is 0 Å². The normalized spacial score (nSPS) is 11.4. The van der Waals surface area contributed by atoms with Crippen LogP contribution in [0.1, 0.15) is 10.4 Å². The van der Waals surface area contributed by atoms with E-state index >= 15 is 0 Å². The Hall–Kier alpha value is -0.440. The minimum absolute atomic E-state index is 0.00870. The Kier molecular flexibility index (Phi) is 3.54. The Balaban J connectivity index is 3.52. The summed E-state index contributed by atoms with van der Waals surface area (Å²) in [5.41, 5.74) is -0.103. The van der Waals surface area contributed by atoms with Crippen LogP contribution in [0.5, 0.6) is 0 Å². The van der Waals surface area contributed by atoms with Crippen molar-refractivity contribution in [2.45, 2.75) is 4.90 Å². The maximum atomic E-state index is 10.8. The van der Waals surface area contributed by atoms with E-state index in [1.54, 1.807) is 0 Å². The lowest BCUT2D eigenvalue weighted by molar-refractivity contribution is 0.0695. The fraction of sp³-hybridized carbons (Fsp3) is 0. The van der Waals surface area contributed by atoms with Gasteiger partial charge in [0, 0.05) is 8.95 Å². The first-order valence-electron chi connectivity index (χ1n) is 3.43. The molecule has 1 aromatic rings. The number of hydrogen-bond donors (Lipinski definition) is 2. The van der Waals surface area contributed by atoms with E-state index in [-0.39, 0.29) is 19.4 Å². The SMILES string of the molecule is O=C(O)c1cc(Br)c(S(=O)(=O)O)cc1Br. The molecule has 0 radical (unpaired) electrons.